The maximum Gasteiger partial charge on any atom is 0.255 e. The summed E-state index contributed by atoms with van der Waals surface area (Å²) in [4.78, 5) is 23.4. The predicted molar refractivity (Wildman–Crippen MR) is 147 cm³/mol. The smallest absolute Gasteiger partial charge is 0.255 e. The molecule has 0 bridgehead atoms. The highest BCUT2D eigenvalue weighted by Crippen LogP contribution is 2.28. The van der Waals surface area contributed by atoms with Crippen LogP contribution in [0.25, 0.3) is 10.9 Å². The van der Waals surface area contributed by atoms with Gasteiger partial charge in [0.15, 0.2) is 0 Å². The van der Waals surface area contributed by atoms with Crippen LogP contribution in [0.15, 0.2) is 104 Å². The number of pyridine rings is 2. The first kappa shape index (κ1) is 23.1. The van der Waals surface area contributed by atoms with E-state index in [1.807, 2.05) is 86.9 Å². The second-order valence-electron chi connectivity index (χ2n) is 8.84. The highest BCUT2D eigenvalue weighted by molar-refractivity contribution is 6.04. The van der Waals surface area contributed by atoms with Crippen LogP contribution in [0.1, 0.15) is 21.5 Å². The normalized spacial score (nSPS) is 10.7. The molecule has 0 radical (unpaired) electrons. The van der Waals surface area contributed by atoms with Gasteiger partial charge in [-0.3, -0.25) is 14.8 Å². The van der Waals surface area contributed by atoms with Crippen LogP contribution in [0.4, 0.5) is 22.7 Å². The van der Waals surface area contributed by atoms with Gasteiger partial charge in [0.1, 0.15) is 0 Å². The minimum Gasteiger partial charge on any atom is -0.378 e. The number of carbonyl (C=O) groups excluding carboxylic acids is 1. The third-order valence-corrected chi connectivity index (χ3v) is 6.04. The predicted octanol–water partition coefficient (Wildman–Crippen LogP) is 6.28. The number of amides is 1. The van der Waals surface area contributed by atoms with Crippen LogP contribution in [0.2, 0.25) is 0 Å². The van der Waals surface area contributed by atoms with Crippen molar-refractivity contribution < 1.29 is 4.79 Å². The Balaban J connectivity index is 1.25. The SMILES string of the molecule is CN(C)c1ccc2nccc(Nc3ccc(C(=O)Nc4ccc(Cc5ccncc5)cc4)cc3)c2c1. The summed E-state index contributed by atoms with van der Waals surface area (Å²) in [6.45, 7) is 0. The molecule has 0 aliphatic rings. The third-order valence-electron chi connectivity index (χ3n) is 6.04. The molecule has 6 heteroatoms. The van der Waals surface area contributed by atoms with E-state index in [-0.39, 0.29) is 5.91 Å². The molecule has 5 rings (SSSR count). The van der Waals surface area contributed by atoms with E-state index in [2.05, 4.69) is 37.6 Å². The summed E-state index contributed by atoms with van der Waals surface area (Å²) in [6, 6.07) is 27.6. The van der Waals surface area contributed by atoms with Crippen molar-refractivity contribution in [3.05, 3.63) is 120 Å². The molecule has 3 aromatic carbocycles. The van der Waals surface area contributed by atoms with Crippen molar-refractivity contribution in [3.63, 3.8) is 0 Å². The molecule has 0 spiro atoms. The first-order valence-corrected chi connectivity index (χ1v) is 11.8. The number of aromatic nitrogens is 2. The van der Waals surface area contributed by atoms with E-state index in [0.29, 0.717) is 5.56 Å². The molecule has 2 heterocycles. The molecule has 0 saturated carbocycles. The van der Waals surface area contributed by atoms with E-state index < -0.39 is 0 Å². The third kappa shape index (κ3) is 5.33. The van der Waals surface area contributed by atoms with E-state index in [1.165, 1.54) is 11.1 Å². The van der Waals surface area contributed by atoms with Crippen molar-refractivity contribution in [3.8, 4) is 0 Å². The molecule has 2 aromatic heterocycles. The minimum absolute atomic E-state index is 0.145. The molecule has 6 nitrogen and oxygen atoms in total. The Labute approximate surface area is 210 Å². The van der Waals surface area contributed by atoms with E-state index >= 15 is 0 Å². The Hall–Kier alpha value is -4.71. The quantitative estimate of drug-likeness (QED) is 0.291. The fourth-order valence-electron chi connectivity index (χ4n) is 4.03. The summed E-state index contributed by atoms with van der Waals surface area (Å²) >= 11 is 0. The van der Waals surface area contributed by atoms with E-state index in [1.54, 1.807) is 18.6 Å². The second-order valence-corrected chi connectivity index (χ2v) is 8.84. The average Bonchev–Trinajstić information content (AvgIpc) is 2.91. The fourth-order valence-corrected chi connectivity index (χ4v) is 4.03. The molecule has 2 N–H and O–H groups in total. The number of hydrogen-bond acceptors (Lipinski definition) is 5. The maximum absolute atomic E-state index is 12.8. The van der Waals surface area contributed by atoms with Crippen LogP contribution in [-0.2, 0) is 6.42 Å². The summed E-state index contributed by atoms with van der Waals surface area (Å²) in [5, 5.41) is 7.48. The zero-order valence-corrected chi connectivity index (χ0v) is 20.3. The summed E-state index contributed by atoms with van der Waals surface area (Å²) in [7, 11) is 4.04. The van der Waals surface area contributed by atoms with Gasteiger partial charge in [-0.2, -0.15) is 0 Å². The Morgan fingerprint density at radius 1 is 0.778 bits per heavy atom. The Bertz CT molecular complexity index is 1480. The van der Waals surface area contributed by atoms with Crippen molar-refractivity contribution >= 4 is 39.6 Å². The van der Waals surface area contributed by atoms with Crippen LogP contribution < -0.4 is 15.5 Å². The summed E-state index contributed by atoms with van der Waals surface area (Å²) in [5.74, 6) is -0.145. The van der Waals surface area contributed by atoms with Crippen molar-refractivity contribution in [2.45, 2.75) is 6.42 Å². The maximum atomic E-state index is 12.8. The number of benzene rings is 3. The molecule has 0 fully saturated rings. The molecule has 5 aromatic rings. The number of anilines is 4. The highest BCUT2D eigenvalue weighted by atomic mass is 16.1. The monoisotopic (exact) mass is 473 g/mol. The van der Waals surface area contributed by atoms with Crippen LogP contribution in [0.3, 0.4) is 0 Å². The first-order valence-electron chi connectivity index (χ1n) is 11.8. The van der Waals surface area contributed by atoms with Gasteiger partial charge in [-0.05, 0) is 90.3 Å². The lowest BCUT2D eigenvalue weighted by Gasteiger charge is -2.15. The number of rotatable bonds is 7. The fraction of sp³-hybridized carbons (Fsp3) is 0.100. The minimum atomic E-state index is -0.145. The Morgan fingerprint density at radius 2 is 1.47 bits per heavy atom. The zero-order valence-electron chi connectivity index (χ0n) is 20.3. The van der Waals surface area contributed by atoms with Crippen LogP contribution in [-0.4, -0.2) is 30.0 Å². The van der Waals surface area contributed by atoms with Crippen molar-refractivity contribution in [2.24, 2.45) is 0 Å². The van der Waals surface area contributed by atoms with E-state index in [0.717, 1.165) is 40.1 Å². The van der Waals surface area contributed by atoms with Crippen LogP contribution in [0, 0.1) is 0 Å². The van der Waals surface area contributed by atoms with Gasteiger partial charge in [0.2, 0.25) is 0 Å². The first-order chi connectivity index (χ1) is 17.5. The Kier molecular flexibility index (Phi) is 6.58. The molecular weight excluding hydrogens is 446 g/mol. The number of carbonyl (C=O) groups is 1. The molecule has 1 amide bonds. The van der Waals surface area contributed by atoms with Gasteiger partial charge in [-0.1, -0.05) is 12.1 Å². The number of hydrogen-bond donors (Lipinski definition) is 2. The molecule has 0 unspecified atom stereocenters. The molecule has 36 heavy (non-hydrogen) atoms. The van der Waals surface area contributed by atoms with Crippen LogP contribution >= 0.6 is 0 Å². The van der Waals surface area contributed by atoms with Gasteiger partial charge >= 0.3 is 0 Å². The topological polar surface area (TPSA) is 70.2 Å². The molecular formula is C30H27N5O. The largest absolute Gasteiger partial charge is 0.378 e. The zero-order chi connectivity index (χ0) is 24.9. The van der Waals surface area contributed by atoms with E-state index in [4.69, 9.17) is 0 Å². The van der Waals surface area contributed by atoms with Crippen molar-refractivity contribution in [1.29, 1.82) is 0 Å². The average molecular weight is 474 g/mol. The molecule has 0 aliphatic carbocycles. The van der Waals surface area contributed by atoms with Crippen LogP contribution in [0.5, 0.6) is 0 Å². The summed E-state index contributed by atoms with van der Waals surface area (Å²) in [5.41, 5.74) is 7.63. The van der Waals surface area contributed by atoms with Gasteiger partial charge < -0.3 is 15.5 Å². The van der Waals surface area contributed by atoms with Gasteiger partial charge in [0, 0.05) is 66.4 Å². The summed E-state index contributed by atoms with van der Waals surface area (Å²) in [6.07, 6.45) is 6.22. The molecule has 0 aliphatic heterocycles. The lowest BCUT2D eigenvalue weighted by molar-refractivity contribution is 0.102. The van der Waals surface area contributed by atoms with Gasteiger partial charge in [0.05, 0.1) is 5.52 Å². The lowest BCUT2D eigenvalue weighted by Crippen LogP contribution is -2.11. The number of nitrogens with zero attached hydrogens (tertiary/aromatic N) is 3. The Morgan fingerprint density at radius 3 is 2.19 bits per heavy atom. The van der Waals surface area contributed by atoms with Crippen molar-refractivity contribution in [2.75, 3.05) is 29.6 Å². The van der Waals surface area contributed by atoms with Crippen molar-refractivity contribution in [1.82, 2.24) is 9.97 Å². The second kappa shape index (κ2) is 10.3. The summed E-state index contributed by atoms with van der Waals surface area (Å²) < 4.78 is 0. The van der Waals surface area contributed by atoms with Gasteiger partial charge in [-0.15, -0.1) is 0 Å². The van der Waals surface area contributed by atoms with Gasteiger partial charge in [0.25, 0.3) is 5.91 Å². The lowest BCUT2D eigenvalue weighted by atomic mass is 10.1. The van der Waals surface area contributed by atoms with E-state index in [9.17, 15) is 4.79 Å². The standard InChI is InChI=1S/C30H27N5O/c1-35(2)26-11-12-28-27(20-26)29(15-18-32-28)33-24-9-5-23(6-10-24)30(36)34-25-7-3-21(4-8-25)19-22-13-16-31-17-14-22/h3-18,20H,19H2,1-2H3,(H,32,33)(H,34,36). The number of fused-ring (bicyclic) bond motifs is 1. The number of nitrogens with one attached hydrogen (secondary N) is 2. The molecule has 0 atom stereocenters. The highest BCUT2D eigenvalue weighted by Gasteiger charge is 2.09. The molecule has 178 valence electrons. The molecule has 0 saturated heterocycles. The van der Waals surface area contributed by atoms with Gasteiger partial charge in [-0.25, -0.2) is 0 Å².